The van der Waals surface area contributed by atoms with Gasteiger partial charge in [-0.05, 0) is 0 Å². The molecule has 80 valence electrons. The first-order valence-corrected chi connectivity index (χ1v) is 6.38. The monoisotopic (exact) mass is 260 g/mol. The van der Waals surface area contributed by atoms with Gasteiger partial charge in [-0.15, -0.1) is 0 Å². The molecule has 0 amide bonds. The molecule has 0 spiro atoms. The summed E-state index contributed by atoms with van der Waals surface area (Å²) < 4.78 is 82.4. The van der Waals surface area contributed by atoms with Crippen molar-refractivity contribution in [1.29, 1.82) is 0 Å². The van der Waals surface area contributed by atoms with Gasteiger partial charge in [0, 0.05) is 0 Å². The van der Waals surface area contributed by atoms with E-state index in [9.17, 15) is 33.0 Å². The molecule has 13 heteroatoms. The zero-order valence-electron chi connectivity index (χ0n) is 5.43. The SMILES string of the molecule is O=S(=O)(F)NS(=O)(=O)NS(=O)(=O)F. The fourth-order valence-corrected chi connectivity index (χ4v) is 2.82. The second-order valence-electron chi connectivity index (χ2n) is 1.55. The minimum Gasteiger partial charge on any atom is -0.193 e. The maximum Gasteiger partial charge on any atom is 0.386 e. The molecular formula is H2F2N2O6S3. The minimum absolute atomic E-state index is 0.200. The topological polar surface area (TPSA) is 126 Å². The first-order chi connectivity index (χ1) is 5.41. The van der Waals surface area contributed by atoms with E-state index in [4.69, 9.17) is 0 Å². The third-order valence-corrected chi connectivity index (χ3v) is 3.77. The van der Waals surface area contributed by atoms with Crippen molar-refractivity contribution in [3.8, 4) is 0 Å². The maximum atomic E-state index is 11.6. The van der Waals surface area contributed by atoms with E-state index >= 15 is 0 Å². The largest absolute Gasteiger partial charge is 0.386 e. The summed E-state index contributed by atoms with van der Waals surface area (Å²) in [5, 5.41) is 0. The standard InChI is InChI=1S/F2H2N2O6S3/c1-11(5,6)3-13(9,10)4-12(2,7)8/h3-4H. The Hall–Kier alpha value is -0.370. The number of rotatable bonds is 4. The molecule has 0 rings (SSSR count). The molecule has 0 radical (unpaired) electrons. The van der Waals surface area contributed by atoms with Crippen LogP contribution in [-0.2, 0) is 31.0 Å². The van der Waals surface area contributed by atoms with Gasteiger partial charge in [0.25, 0.3) is 0 Å². The molecule has 0 aromatic heterocycles. The van der Waals surface area contributed by atoms with E-state index in [1.54, 1.807) is 0 Å². The van der Waals surface area contributed by atoms with E-state index in [-0.39, 0.29) is 8.25 Å². The quantitative estimate of drug-likeness (QED) is 0.554. The van der Waals surface area contributed by atoms with Crippen LogP contribution in [-0.4, -0.2) is 25.3 Å². The van der Waals surface area contributed by atoms with Crippen molar-refractivity contribution in [2.45, 2.75) is 0 Å². The van der Waals surface area contributed by atoms with E-state index in [1.807, 2.05) is 0 Å². The average Bonchev–Trinajstić information content (AvgIpc) is 1.43. The Morgan fingerprint density at radius 2 is 0.923 bits per heavy atom. The van der Waals surface area contributed by atoms with Crippen molar-refractivity contribution < 1.29 is 33.0 Å². The number of nitrogens with one attached hydrogen (secondary N) is 2. The van der Waals surface area contributed by atoms with Crippen molar-refractivity contribution in [2.75, 3.05) is 0 Å². The summed E-state index contributed by atoms with van der Waals surface area (Å²) in [6, 6.07) is 0. The van der Waals surface area contributed by atoms with Crippen LogP contribution in [0.4, 0.5) is 7.77 Å². The Morgan fingerprint density at radius 1 is 0.692 bits per heavy atom. The number of halogens is 2. The van der Waals surface area contributed by atoms with Crippen LogP contribution in [0.25, 0.3) is 0 Å². The highest BCUT2D eigenvalue weighted by Gasteiger charge is 2.25. The third-order valence-electron chi connectivity index (χ3n) is 0.418. The molecule has 0 aromatic rings. The molecule has 0 aromatic carbocycles. The summed E-state index contributed by atoms with van der Waals surface area (Å²) >= 11 is 0. The second-order valence-corrected chi connectivity index (χ2v) is 5.64. The Labute approximate surface area is 72.8 Å². The molecule has 0 unspecified atom stereocenters. The van der Waals surface area contributed by atoms with Crippen molar-refractivity contribution >= 4 is 31.0 Å². The van der Waals surface area contributed by atoms with Gasteiger partial charge in [0.2, 0.25) is 0 Å². The van der Waals surface area contributed by atoms with Gasteiger partial charge in [0.1, 0.15) is 0 Å². The molecule has 0 saturated carbocycles. The minimum atomic E-state index is -5.69. The third kappa shape index (κ3) is 7.97. The van der Waals surface area contributed by atoms with Gasteiger partial charge in [0.15, 0.2) is 0 Å². The van der Waals surface area contributed by atoms with E-state index in [1.165, 1.54) is 0 Å². The first kappa shape index (κ1) is 12.6. The molecule has 0 aliphatic rings. The van der Waals surface area contributed by atoms with E-state index in [2.05, 4.69) is 0 Å². The molecule has 0 heterocycles. The highest BCUT2D eigenvalue weighted by molar-refractivity contribution is 8.07. The van der Waals surface area contributed by atoms with Crippen LogP contribution in [0.15, 0.2) is 0 Å². The fourth-order valence-electron chi connectivity index (χ4n) is 0.279. The molecule has 0 aliphatic carbocycles. The van der Waals surface area contributed by atoms with Gasteiger partial charge in [-0.1, -0.05) is 16.0 Å². The second kappa shape index (κ2) is 3.41. The molecule has 0 saturated heterocycles. The Kier molecular flexibility index (Phi) is 3.31. The molecule has 8 nitrogen and oxygen atoms in total. The Balaban J connectivity index is 4.86. The van der Waals surface area contributed by atoms with Crippen LogP contribution in [0.1, 0.15) is 0 Å². The van der Waals surface area contributed by atoms with Gasteiger partial charge in [-0.2, -0.15) is 25.3 Å². The van der Waals surface area contributed by atoms with Crippen LogP contribution in [0, 0.1) is 0 Å². The van der Waals surface area contributed by atoms with Crippen molar-refractivity contribution in [1.82, 2.24) is 8.25 Å². The lowest BCUT2D eigenvalue weighted by molar-refractivity contribution is 0.536. The average molecular weight is 260 g/mol. The summed E-state index contributed by atoms with van der Waals surface area (Å²) in [6.45, 7) is 0. The van der Waals surface area contributed by atoms with Crippen molar-refractivity contribution in [2.24, 2.45) is 0 Å². The molecule has 13 heavy (non-hydrogen) atoms. The molecule has 0 fully saturated rings. The zero-order valence-corrected chi connectivity index (χ0v) is 7.88. The van der Waals surface area contributed by atoms with Gasteiger partial charge in [0.05, 0.1) is 0 Å². The lowest BCUT2D eigenvalue weighted by atomic mass is 13.8. The first-order valence-electron chi connectivity index (χ1n) is 2.13. The molecular weight excluding hydrogens is 258 g/mol. The van der Waals surface area contributed by atoms with Crippen molar-refractivity contribution in [3.63, 3.8) is 0 Å². The highest BCUT2D eigenvalue weighted by Crippen LogP contribution is 1.92. The van der Waals surface area contributed by atoms with Gasteiger partial charge in [-0.25, -0.2) is 0 Å². The van der Waals surface area contributed by atoms with Crippen LogP contribution in [0.5, 0.6) is 0 Å². The Morgan fingerprint density at radius 3 is 1.08 bits per heavy atom. The summed E-state index contributed by atoms with van der Waals surface area (Å²) in [4.78, 5) is 0. The summed E-state index contributed by atoms with van der Waals surface area (Å²) in [5.41, 5.74) is 0. The molecule has 0 aliphatic heterocycles. The van der Waals surface area contributed by atoms with E-state index in [0.717, 1.165) is 0 Å². The Bertz CT molecular complexity index is 428. The van der Waals surface area contributed by atoms with E-state index in [0.29, 0.717) is 0 Å². The van der Waals surface area contributed by atoms with Crippen LogP contribution in [0.2, 0.25) is 0 Å². The molecule has 0 atom stereocenters. The lowest BCUT2D eigenvalue weighted by Crippen LogP contribution is -2.40. The summed E-state index contributed by atoms with van der Waals surface area (Å²) in [5.74, 6) is 0. The normalized spacial score (nSPS) is 14.3. The highest BCUT2D eigenvalue weighted by atomic mass is 32.3. The van der Waals surface area contributed by atoms with Crippen LogP contribution >= 0.6 is 0 Å². The maximum absolute atomic E-state index is 11.6. The number of hydrogen-bond acceptors (Lipinski definition) is 6. The predicted octanol–water partition coefficient (Wildman–Crippen LogP) is -2.16. The van der Waals surface area contributed by atoms with Crippen molar-refractivity contribution in [3.05, 3.63) is 0 Å². The molecule has 0 bridgehead atoms. The predicted molar refractivity (Wildman–Crippen MR) is 35.2 cm³/mol. The summed E-state index contributed by atoms with van der Waals surface area (Å²) in [6.07, 6.45) is 0. The zero-order chi connectivity index (χ0) is 10.9. The van der Waals surface area contributed by atoms with E-state index < -0.39 is 31.0 Å². The fraction of sp³-hybridized carbons (Fsp3) is 0. The summed E-state index contributed by atoms with van der Waals surface area (Å²) in [7, 11) is -16.7. The number of hydrogen-bond donors (Lipinski definition) is 2. The lowest BCUT2D eigenvalue weighted by Gasteiger charge is -1.99. The van der Waals surface area contributed by atoms with Gasteiger partial charge >= 0.3 is 31.0 Å². The smallest absolute Gasteiger partial charge is 0.193 e. The van der Waals surface area contributed by atoms with Gasteiger partial charge in [-0.3, -0.25) is 0 Å². The molecule has 2 N–H and O–H groups in total. The van der Waals surface area contributed by atoms with Crippen LogP contribution < -0.4 is 8.25 Å². The van der Waals surface area contributed by atoms with Crippen LogP contribution in [0.3, 0.4) is 0 Å². The van der Waals surface area contributed by atoms with Gasteiger partial charge < -0.3 is 0 Å².